The van der Waals surface area contributed by atoms with Crippen LogP contribution >= 0.6 is 11.3 Å². The van der Waals surface area contributed by atoms with Gasteiger partial charge in [0.25, 0.3) is 0 Å². The number of pyridine rings is 1. The zero-order chi connectivity index (χ0) is 12.5. The van der Waals surface area contributed by atoms with Gasteiger partial charge in [0.15, 0.2) is 0 Å². The first kappa shape index (κ1) is 11.3. The molecule has 0 bridgehead atoms. The van der Waals surface area contributed by atoms with E-state index in [-0.39, 0.29) is 0 Å². The second kappa shape index (κ2) is 4.48. The largest absolute Gasteiger partial charge is 0.383 e. The zero-order valence-electron chi connectivity index (χ0n) is 9.87. The van der Waals surface area contributed by atoms with E-state index in [1.54, 1.807) is 12.4 Å². The summed E-state index contributed by atoms with van der Waals surface area (Å²) in [5, 5.41) is 12.4. The van der Waals surface area contributed by atoms with Crippen molar-refractivity contribution in [3.63, 3.8) is 0 Å². The van der Waals surface area contributed by atoms with Crippen LogP contribution in [-0.2, 0) is 0 Å². The van der Waals surface area contributed by atoms with Crippen LogP contribution in [0.4, 0.5) is 0 Å². The number of aliphatic hydroxyl groups is 1. The van der Waals surface area contributed by atoms with Gasteiger partial charge in [-0.2, -0.15) is 0 Å². The zero-order valence-corrected chi connectivity index (χ0v) is 10.7. The Morgan fingerprint density at radius 1 is 1.17 bits per heavy atom. The lowest BCUT2D eigenvalue weighted by molar-refractivity contribution is 0.225. The van der Waals surface area contributed by atoms with Gasteiger partial charge < -0.3 is 5.11 Å². The van der Waals surface area contributed by atoms with Crippen LogP contribution in [0.5, 0.6) is 0 Å². The standard InChI is InChI=1S/C14H12N2OS/c1-9-16-8-12(18-9)14(17)11-6-2-4-10-5-3-7-15-13(10)11/h2-8,14,17H,1H3. The summed E-state index contributed by atoms with van der Waals surface area (Å²) < 4.78 is 0. The molecule has 1 N–H and O–H groups in total. The molecule has 0 aliphatic rings. The molecule has 0 amide bonds. The third-order valence-corrected chi connectivity index (χ3v) is 3.83. The average molecular weight is 256 g/mol. The van der Waals surface area contributed by atoms with E-state index < -0.39 is 6.10 Å². The fourth-order valence-corrected chi connectivity index (χ4v) is 2.80. The number of hydrogen-bond donors (Lipinski definition) is 1. The predicted octanol–water partition coefficient (Wildman–Crippen LogP) is 3.08. The Balaban J connectivity index is 2.14. The summed E-state index contributed by atoms with van der Waals surface area (Å²) in [6.07, 6.45) is 2.82. The summed E-state index contributed by atoms with van der Waals surface area (Å²) in [6.45, 7) is 1.93. The number of hydrogen-bond acceptors (Lipinski definition) is 4. The normalized spacial score (nSPS) is 12.8. The van der Waals surface area contributed by atoms with Gasteiger partial charge in [-0.25, -0.2) is 4.98 Å². The van der Waals surface area contributed by atoms with Crippen molar-refractivity contribution in [2.45, 2.75) is 13.0 Å². The summed E-state index contributed by atoms with van der Waals surface area (Å²) in [4.78, 5) is 9.39. The van der Waals surface area contributed by atoms with Crippen molar-refractivity contribution in [1.82, 2.24) is 9.97 Å². The Hall–Kier alpha value is -1.78. The first-order valence-corrected chi connectivity index (χ1v) is 6.51. The van der Waals surface area contributed by atoms with E-state index in [2.05, 4.69) is 9.97 Å². The fraction of sp³-hybridized carbons (Fsp3) is 0.143. The van der Waals surface area contributed by atoms with Crippen LogP contribution in [0.1, 0.15) is 21.6 Å². The van der Waals surface area contributed by atoms with Crippen molar-refractivity contribution in [2.75, 3.05) is 0 Å². The van der Waals surface area contributed by atoms with Crippen LogP contribution in [0.3, 0.4) is 0 Å². The monoisotopic (exact) mass is 256 g/mol. The van der Waals surface area contributed by atoms with Gasteiger partial charge in [0, 0.05) is 23.3 Å². The third-order valence-electron chi connectivity index (χ3n) is 2.87. The first-order chi connectivity index (χ1) is 8.75. The Kier molecular flexibility index (Phi) is 2.81. The van der Waals surface area contributed by atoms with Gasteiger partial charge in [-0.15, -0.1) is 11.3 Å². The predicted molar refractivity (Wildman–Crippen MR) is 72.7 cm³/mol. The number of thiazole rings is 1. The van der Waals surface area contributed by atoms with Crippen LogP contribution in [-0.4, -0.2) is 15.1 Å². The fourth-order valence-electron chi connectivity index (χ4n) is 2.01. The number of aliphatic hydroxyl groups excluding tert-OH is 1. The molecule has 3 aromatic rings. The summed E-state index contributed by atoms with van der Waals surface area (Å²) in [5.41, 5.74) is 1.68. The van der Waals surface area contributed by atoms with Crippen LogP contribution in [0.25, 0.3) is 10.9 Å². The molecule has 0 saturated carbocycles. The van der Waals surface area contributed by atoms with Crippen molar-refractivity contribution < 1.29 is 5.11 Å². The van der Waals surface area contributed by atoms with Gasteiger partial charge in [-0.3, -0.25) is 4.98 Å². The molecule has 0 fully saturated rings. The minimum atomic E-state index is -0.658. The van der Waals surface area contributed by atoms with E-state index in [1.807, 2.05) is 37.3 Å². The van der Waals surface area contributed by atoms with E-state index in [9.17, 15) is 5.11 Å². The molecule has 1 aromatic carbocycles. The van der Waals surface area contributed by atoms with Gasteiger partial charge in [-0.05, 0) is 13.0 Å². The quantitative estimate of drug-likeness (QED) is 0.766. The van der Waals surface area contributed by atoms with Crippen molar-refractivity contribution >= 4 is 22.2 Å². The lowest BCUT2D eigenvalue weighted by atomic mass is 10.0. The number of para-hydroxylation sites is 1. The minimum Gasteiger partial charge on any atom is -0.383 e. The maximum absolute atomic E-state index is 10.4. The molecule has 18 heavy (non-hydrogen) atoms. The molecule has 1 unspecified atom stereocenters. The highest BCUT2D eigenvalue weighted by molar-refractivity contribution is 7.11. The summed E-state index contributed by atoms with van der Waals surface area (Å²) in [5.74, 6) is 0. The van der Waals surface area contributed by atoms with E-state index in [1.165, 1.54) is 11.3 Å². The lowest BCUT2D eigenvalue weighted by Gasteiger charge is -2.10. The second-order valence-corrected chi connectivity index (χ2v) is 5.37. The SMILES string of the molecule is Cc1ncc(C(O)c2cccc3cccnc23)s1. The highest BCUT2D eigenvalue weighted by atomic mass is 32.1. The van der Waals surface area contributed by atoms with Crippen LogP contribution in [0.15, 0.2) is 42.7 Å². The number of nitrogens with zero attached hydrogens (tertiary/aromatic N) is 2. The van der Waals surface area contributed by atoms with Crippen LogP contribution in [0, 0.1) is 6.92 Å². The van der Waals surface area contributed by atoms with E-state index in [0.717, 1.165) is 26.4 Å². The van der Waals surface area contributed by atoms with E-state index in [0.29, 0.717) is 0 Å². The van der Waals surface area contributed by atoms with Crippen molar-refractivity contribution in [3.05, 3.63) is 58.2 Å². The molecule has 2 heterocycles. The van der Waals surface area contributed by atoms with Crippen LogP contribution < -0.4 is 0 Å². The second-order valence-electron chi connectivity index (χ2n) is 4.11. The number of aromatic nitrogens is 2. The Bertz CT molecular complexity index is 688. The topological polar surface area (TPSA) is 46.0 Å². The molecule has 0 spiro atoms. The smallest absolute Gasteiger partial charge is 0.117 e. The third kappa shape index (κ3) is 1.89. The maximum atomic E-state index is 10.4. The summed E-state index contributed by atoms with van der Waals surface area (Å²) in [7, 11) is 0. The number of aryl methyl sites for hydroxylation is 1. The molecule has 0 aliphatic carbocycles. The number of benzene rings is 1. The molecule has 90 valence electrons. The number of rotatable bonds is 2. The van der Waals surface area contributed by atoms with Gasteiger partial charge >= 0.3 is 0 Å². The highest BCUT2D eigenvalue weighted by Crippen LogP contribution is 2.30. The van der Waals surface area contributed by atoms with E-state index >= 15 is 0 Å². The molecule has 0 aliphatic heterocycles. The molecule has 3 rings (SSSR count). The Labute approximate surface area is 109 Å². The lowest BCUT2D eigenvalue weighted by Crippen LogP contribution is -1.99. The number of fused-ring (bicyclic) bond motifs is 1. The molecule has 1 atom stereocenters. The Morgan fingerprint density at radius 2 is 2.00 bits per heavy atom. The summed E-state index contributed by atoms with van der Waals surface area (Å²) in [6, 6.07) is 9.74. The maximum Gasteiger partial charge on any atom is 0.117 e. The molecule has 4 heteroatoms. The molecular formula is C14H12N2OS. The van der Waals surface area contributed by atoms with E-state index in [4.69, 9.17) is 0 Å². The van der Waals surface area contributed by atoms with Gasteiger partial charge in [0.2, 0.25) is 0 Å². The Morgan fingerprint density at radius 3 is 2.78 bits per heavy atom. The molecule has 3 nitrogen and oxygen atoms in total. The minimum absolute atomic E-state index is 0.658. The van der Waals surface area contributed by atoms with Gasteiger partial charge in [0.05, 0.1) is 15.4 Å². The van der Waals surface area contributed by atoms with Crippen molar-refractivity contribution in [3.8, 4) is 0 Å². The van der Waals surface area contributed by atoms with Gasteiger partial charge in [-0.1, -0.05) is 24.3 Å². The molecular weight excluding hydrogens is 244 g/mol. The van der Waals surface area contributed by atoms with Gasteiger partial charge in [0.1, 0.15) is 6.10 Å². The molecule has 0 saturated heterocycles. The first-order valence-electron chi connectivity index (χ1n) is 5.70. The highest BCUT2D eigenvalue weighted by Gasteiger charge is 2.16. The summed E-state index contributed by atoms with van der Waals surface area (Å²) >= 11 is 1.51. The van der Waals surface area contributed by atoms with Crippen LogP contribution in [0.2, 0.25) is 0 Å². The van der Waals surface area contributed by atoms with Crippen molar-refractivity contribution in [2.24, 2.45) is 0 Å². The average Bonchev–Trinajstić information content (AvgIpc) is 2.84. The molecule has 2 aromatic heterocycles. The molecule has 0 radical (unpaired) electrons. The van der Waals surface area contributed by atoms with Crippen molar-refractivity contribution in [1.29, 1.82) is 0 Å².